The van der Waals surface area contributed by atoms with Gasteiger partial charge >= 0.3 is 0 Å². The van der Waals surface area contributed by atoms with Crippen LogP contribution in [0.15, 0.2) is 41.8 Å². The van der Waals surface area contributed by atoms with Gasteiger partial charge in [0.2, 0.25) is 5.91 Å². The van der Waals surface area contributed by atoms with Gasteiger partial charge in [-0.25, -0.2) is 0 Å². The fourth-order valence-electron chi connectivity index (χ4n) is 2.28. The molecule has 0 bridgehead atoms. The molecule has 23 heavy (non-hydrogen) atoms. The molecule has 0 aliphatic rings. The maximum atomic E-state index is 12.4. The zero-order valence-electron chi connectivity index (χ0n) is 13.6. The Labute approximate surface area is 140 Å². The minimum absolute atomic E-state index is 0.0106. The van der Waals surface area contributed by atoms with Crippen molar-refractivity contribution in [3.63, 3.8) is 0 Å². The zero-order valence-corrected chi connectivity index (χ0v) is 14.4. The lowest BCUT2D eigenvalue weighted by molar-refractivity contribution is -0.124. The van der Waals surface area contributed by atoms with E-state index in [1.54, 1.807) is 6.07 Å². The predicted octanol–water partition coefficient (Wildman–Crippen LogP) is 3.13. The molecule has 4 nitrogen and oxygen atoms in total. The Morgan fingerprint density at radius 2 is 1.96 bits per heavy atom. The van der Waals surface area contributed by atoms with E-state index in [1.807, 2.05) is 56.5 Å². The van der Waals surface area contributed by atoms with Crippen LogP contribution in [0.3, 0.4) is 0 Å². The van der Waals surface area contributed by atoms with Gasteiger partial charge in [0.1, 0.15) is 6.04 Å². The van der Waals surface area contributed by atoms with Crippen molar-refractivity contribution in [2.45, 2.75) is 33.4 Å². The van der Waals surface area contributed by atoms with E-state index in [2.05, 4.69) is 10.6 Å². The summed E-state index contributed by atoms with van der Waals surface area (Å²) in [6.45, 7) is 6.32. The second-order valence-electron chi connectivity index (χ2n) is 5.88. The van der Waals surface area contributed by atoms with Crippen LogP contribution in [0, 0.1) is 12.8 Å². The first-order valence-electron chi connectivity index (χ1n) is 7.65. The fourth-order valence-corrected chi connectivity index (χ4v) is 2.90. The van der Waals surface area contributed by atoms with Crippen molar-refractivity contribution >= 4 is 23.2 Å². The smallest absolute Gasteiger partial charge is 0.262 e. The summed E-state index contributed by atoms with van der Waals surface area (Å²) in [5.74, 6) is -0.354. The van der Waals surface area contributed by atoms with Gasteiger partial charge in [0.25, 0.3) is 5.91 Å². The van der Waals surface area contributed by atoms with Gasteiger partial charge in [0.15, 0.2) is 0 Å². The lowest BCUT2D eigenvalue weighted by Crippen LogP contribution is -2.49. The molecule has 2 rings (SSSR count). The number of carbonyl (C=O) groups excluding carboxylic acids is 2. The van der Waals surface area contributed by atoms with Crippen LogP contribution < -0.4 is 10.6 Å². The van der Waals surface area contributed by atoms with Gasteiger partial charge < -0.3 is 10.6 Å². The summed E-state index contributed by atoms with van der Waals surface area (Å²) in [5.41, 5.74) is 2.20. The van der Waals surface area contributed by atoms with Gasteiger partial charge in [-0.2, -0.15) is 0 Å². The molecule has 2 N–H and O–H groups in total. The molecule has 0 saturated carbocycles. The average molecular weight is 330 g/mol. The van der Waals surface area contributed by atoms with Crippen molar-refractivity contribution in [2.24, 2.45) is 5.92 Å². The number of benzene rings is 1. The molecule has 0 saturated heterocycles. The van der Waals surface area contributed by atoms with Crippen LogP contribution in [0.2, 0.25) is 0 Å². The normalized spacial score (nSPS) is 12.0. The highest BCUT2D eigenvalue weighted by molar-refractivity contribution is 7.12. The maximum Gasteiger partial charge on any atom is 0.262 e. The quantitative estimate of drug-likeness (QED) is 0.855. The molecular formula is C18H22N2O2S. The van der Waals surface area contributed by atoms with Gasteiger partial charge in [-0.1, -0.05) is 49.7 Å². The third kappa shape index (κ3) is 4.93. The monoisotopic (exact) mass is 330 g/mol. The summed E-state index contributed by atoms with van der Waals surface area (Å²) in [7, 11) is 0. The number of carbonyl (C=O) groups is 2. The van der Waals surface area contributed by atoms with Gasteiger partial charge in [0.05, 0.1) is 4.88 Å². The third-order valence-corrected chi connectivity index (χ3v) is 4.40. The van der Waals surface area contributed by atoms with Gasteiger partial charge in [-0.3, -0.25) is 9.59 Å². The van der Waals surface area contributed by atoms with E-state index in [1.165, 1.54) is 11.3 Å². The average Bonchev–Trinajstić information content (AvgIpc) is 3.04. The maximum absolute atomic E-state index is 12.4. The molecule has 0 radical (unpaired) electrons. The van der Waals surface area contributed by atoms with Gasteiger partial charge in [0, 0.05) is 6.54 Å². The van der Waals surface area contributed by atoms with E-state index >= 15 is 0 Å². The summed E-state index contributed by atoms with van der Waals surface area (Å²) in [5, 5.41) is 7.58. The minimum Gasteiger partial charge on any atom is -0.350 e. The second-order valence-corrected chi connectivity index (χ2v) is 6.83. The van der Waals surface area contributed by atoms with Crippen molar-refractivity contribution < 1.29 is 9.59 Å². The van der Waals surface area contributed by atoms with Crippen LogP contribution in [0.1, 0.15) is 34.6 Å². The van der Waals surface area contributed by atoms with E-state index in [4.69, 9.17) is 0 Å². The number of rotatable bonds is 6. The molecule has 0 aliphatic heterocycles. The van der Waals surface area contributed by atoms with E-state index in [9.17, 15) is 9.59 Å². The zero-order chi connectivity index (χ0) is 16.8. The summed E-state index contributed by atoms with van der Waals surface area (Å²) in [6.07, 6.45) is 0. The summed E-state index contributed by atoms with van der Waals surface area (Å²) >= 11 is 1.36. The molecule has 1 heterocycles. The largest absolute Gasteiger partial charge is 0.350 e. The highest BCUT2D eigenvalue weighted by Crippen LogP contribution is 2.11. The fraction of sp³-hybridized carbons (Fsp3) is 0.333. The Bertz CT molecular complexity index is 665. The minimum atomic E-state index is -0.547. The van der Waals surface area contributed by atoms with Gasteiger partial charge in [-0.15, -0.1) is 11.3 Å². The van der Waals surface area contributed by atoms with Crippen molar-refractivity contribution in [1.82, 2.24) is 10.6 Å². The number of hydrogen-bond donors (Lipinski definition) is 2. The molecule has 1 aromatic heterocycles. The van der Waals surface area contributed by atoms with Crippen molar-refractivity contribution in [3.05, 3.63) is 57.8 Å². The van der Waals surface area contributed by atoms with E-state index in [0.29, 0.717) is 11.4 Å². The first-order chi connectivity index (χ1) is 11.0. The first-order valence-corrected chi connectivity index (χ1v) is 8.53. The SMILES string of the molecule is Cc1cccc(CNC(=O)C(NC(=O)c2cccs2)C(C)C)c1. The molecule has 1 unspecified atom stereocenters. The van der Waals surface area contributed by atoms with Crippen molar-refractivity contribution in [3.8, 4) is 0 Å². The number of thiophene rings is 1. The third-order valence-electron chi connectivity index (χ3n) is 3.53. The van der Waals surface area contributed by atoms with E-state index in [0.717, 1.165) is 11.1 Å². The van der Waals surface area contributed by atoms with Crippen LogP contribution in [0.25, 0.3) is 0 Å². The topological polar surface area (TPSA) is 58.2 Å². The van der Waals surface area contributed by atoms with Crippen LogP contribution >= 0.6 is 11.3 Å². The first kappa shape index (κ1) is 17.2. The number of hydrogen-bond acceptors (Lipinski definition) is 3. The number of aryl methyl sites for hydroxylation is 1. The second kappa shape index (κ2) is 7.92. The summed E-state index contributed by atoms with van der Waals surface area (Å²) < 4.78 is 0. The van der Waals surface area contributed by atoms with E-state index < -0.39 is 6.04 Å². The molecule has 0 aliphatic carbocycles. The Morgan fingerprint density at radius 1 is 1.17 bits per heavy atom. The standard InChI is InChI=1S/C18H22N2O2S/c1-12(2)16(20-17(21)15-8-5-9-23-15)18(22)19-11-14-7-4-6-13(3)10-14/h4-10,12,16H,11H2,1-3H3,(H,19,22)(H,20,21). The van der Waals surface area contributed by atoms with Crippen LogP contribution in [0.4, 0.5) is 0 Å². The molecule has 5 heteroatoms. The van der Waals surface area contributed by atoms with Crippen molar-refractivity contribution in [1.29, 1.82) is 0 Å². The lowest BCUT2D eigenvalue weighted by atomic mass is 10.0. The van der Waals surface area contributed by atoms with Crippen molar-refractivity contribution in [2.75, 3.05) is 0 Å². The van der Waals surface area contributed by atoms with Crippen LogP contribution in [0.5, 0.6) is 0 Å². The molecule has 1 aromatic carbocycles. The highest BCUT2D eigenvalue weighted by Gasteiger charge is 2.24. The van der Waals surface area contributed by atoms with Gasteiger partial charge in [-0.05, 0) is 29.9 Å². The summed E-state index contributed by atoms with van der Waals surface area (Å²) in [6, 6.07) is 11.0. The number of amides is 2. The highest BCUT2D eigenvalue weighted by atomic mass is 32.1. The number of nitrogens with one attached hydrogen (secondary N) is 2. The predicted molar refractivity (Wildman–Crippen MR) is 93.4 cm³/mol. The van der Waals surface area contributed by atoms with Crippen LogP contribution in [-0.4, -0.2) is 17.9 Å². The molecular weight excluding hydrogens is 308 g/mol. The Balaban J connectivity index is 1.97. The summed E-state index contributed by atoms with van der Waals surface area (Å²) in [4.78, 5) is 25.2. The molecule has 2 aromatic rings. The Morgan fingerprint density at radius 3 is 2.57 bits per heavy atom. The Hall–Kier alpha value is -2.14. The van der Waals surface area contributed by atoms with E-state index in [-0.39, 0.29) is 17.7 Å². The molecule has 0 fully saturated rings. The lowest BCUT2D eigenvalue weighted by Gasteiger charge is -2.21. The molecule has 0 spiro atoms. The molecule has 2 amide bonds. The Kier molecular flexibility index (Phi) is 5.93. The van der Waals surface area contributed by atoms with Crippen LogP contribution in [-0.2, 0) is 11.3 Å². The molecule has 1 atom stereocenters. The molecule has 122 valence electrons.